The van der Waals surface area contributed by atoms with Crippen molar-refractivity contribution < 1.29 is 19.2 Å². The molecule has 108 valence electrons. The van der Waals surface area contributed by atoms with E-state index in [9.17, 15) is 4.79 Å². The van der Waals surface area contributed by atoms with Crippen molar-refractivity contribution in [3.05, 3.63) is 35.7 Å². The van der Waals surface area contributed by atoms with Crippen LogP contribution in [0.25, 0.3) is 11.5 Å². The average molecular weight is 286 g/mol. The van der Waals surface area contributed by atoms with Crippen molar-refractivity contribution >= 4 is 5.97 Å². The van der Waals surface area contributed by atoms with Gasteiger partial charge in [0.25, 0.3) is 5.89 Å². The van der Waals surface area contributed by atoms with Crippen molar-refractivity contribution in [1.82, 2.24) is 10.1 Å². The summed E-state index contributed by atoms with van der Waals surface area (Å²) in [5, 5.41) is 13.0. The quantitative estimate of drug-likeness (QED) is 0.932. The number of aromatic carboxylic acids is 1. The minimum absolute atomic E-state index is 0.217. The molecule has 2 aromatic rings. The second kappa shape index (κ2) is 4.66. The van der Waals surface area contributed by atoms with Crippen molar-refractivity contribution in [2.45, 2.75) is 37.4 Å². The second-order valence-corrected chi connectivity index (χ2v) is 5.56. The van der Waals surface area contributed by atoms with E-state index in [0.29, 0.717) is 17.8 Å². The summed E-state index contributed by atoms with van der Waals surface area (Å²) in [5.74, 6) is 0.385. The van der Waals surface area contributed by atoms with E-state index in [0.717, 1.165) is 24.8 Å². The number of rotatable bonds is 3. The molecule has 21 heavy (non-hydrogen) atoms. The third-order valence-electron chi connectivity index (χ3n) is 4.26. The Kier molecular flexibility index (Phi) is 2.78. The highest BCUT2D eigenvalue weighted by molar-refractivity contribution is 5.88. The number of carbonyl (C=O) groups is 1. The van der Waals surface area contributed by atoms with Gasteiger partial charge in [0.1, 0.15) is 0 Å². The molecule has 1 N–H and O–H groups in total. The lowest BCUT2D eigenvalue weighted by Crippen LogP contribution is -2.15. The Morgan fingerprint density at radius 1 is 1.24 bits per heavy atom. The number of carboxylic acids is 1. The minimum Gasteiger partial charge on any atom is -0.478 e. The smallest absolute Gasteiger partial charge is 0.335 e. The van der Waals surface area contributed by atoms with Gasteiger partial charge >= 0.3 is 5.97 Å². The van der Waals surface area contributed by atoms with Crippen molar-refractivity contribution in [2.75, 3.05) is 0 Å². The minimum atomic E-state index is -0.952. The summed E-state index contributed by atoms with van der Waals surface area (Å²) in [7, 11) is 0. The Labute approximate surface area is 120 Å². The van der Waals surface area contributed by atoms with E-state index < -0.39 is 5.97 Å². The number of aromatic nitrogens is 2. The van der Waals surface area contributed by atoms with Gasteiger partial charge in [-0.1, -0.05) is 5.16 Å². The summed E-state index contributed by atoms with van der Waals surface area (Å²) in [6, 6.07) is 6.42. The standard InChI is InChI=1S/C15H14N2O4/c18-15(19)9-3-1-8(2-4-9)14-16-13(17-21-14)11-7-10-5-6-12(11)20-10/h1-4,10-12H,5-7H2,(H,18,19). The maximum absolute atomic E-state index is 10.8. The van der Waals surface area contributed by atoms with Crippen LogP contribution in [0.4, 0.5) is 0 Å². The number of carboxylic acid groups (broad SMARTS) is 1. The van der Waals surface area contributed by atoms with Crippen LogP contribution >= 0.6 is 0 Å². The van der Waals surface area contributed by atoms with Crippen LogP contribution in [0.5, 0.6) is 0 Å². The Bertz CT molecular complexity index is 679. The third kappa shape index (κ3) is 2.12. The summed E-state index contributed by atoms with van der Waals surface area (Å²) < 4.78 is 11.1. The van der Waals surface area contributed by atoms with Crippen LogP contribution in [0.1, 0.15) is 41.4 Å². The molecule has 3 atom stereocenters. The van der Waals surface area contributed by atoms with Gasteiger partial charge in [-0.25, -0.2) is 4.79 Å². The predicted octanol–water partition coefficient (Wildman–Crippen LogP) is 2.47. The third-order valence-corrected chi connectivity index (χ3v) is 4.26. The zero-order valence-electron chi connectivity index (χ0n) is 11.2. The van der Waals surface area contributed by atoms with Gasteiger partial charge in [-0.15, -0.1) is 0 Å². The molecule has 0 aliphatic carbocycles. The molecule has 2 bridgehead atoms. The lowest BCUT2D eigenvalue weighted by molar-refractivity contribution is 0.0697. The molecule has 2 aliphatic heterocycles. The summed E-state index contributed by atoms with van der Waals surface area (Å²) in [4.78, 5) is 15.3. The lowest BCUT2D eigenvalue weighted by atomic mass is 9.89. The first-order valence-corrected chi connectivity index (χ1v) is 7.03. The molecule has 3 unspecified atom stereocenters. The molecule has 3 heterocycles. The molecule has 0 amide bonds. The summed E-state index contributed by atoms with van der Waals surface area (Å²) >= 11 is 0. The van der Waals surface area contributed by atoms with Crippen LogP contribution in [0.15, 0.2) is 28.8 Å². The lowest BCUT2D eigenvalue weighted by Gasteiger charge is -2.13. The Hall–Kier alpha value is -2.21. The monoisotopic (exact) mass is 286 g/mol. The number of benzene rings is 1. The Morgan fingerprint density at radius 2 is 2.05 bits per heavy atom. The molecule has 0 spiro atoms. The molecule has 0 radical (unpaired) electrons. The van der Waals surface area contributed by atoms with Crippen molar-refractivity contribution in [3.8, 4) is 11.5 Å². The first-order chi connectivity index (χ1) is 10.2. The van der Waals surface area contributed by atoms with Gasteiger partial charge in [-0.3, -0.25) is 0 Å². The number of hydrogen-bond donors (Lipinski definition) is 1. The first-order valence-electron chi connectivity index (χ1n) is 7.03. The van der Waals surface area contributed by atoms with Gasteiger partial charge in [0.15, 0.2) is 5.82 Å². The normalized spacial score (nSPS) is 27.1. The molecule has 2 aliphatic rings. The van der Waals surface area contributed by atoms with E-state index in [1.54, 1.807) is 12.1 Å². The van der Waals surface area contributed by atoms with Gasteiger partial charge < -0.3 is 14.4 Å². The number of fused-ring (bicyclic) bond motifs is 2. The zero-order chi connectivity index (χ0) is 14.4. The van der Waals surface area contributed by atoms with Gasteiger partial charge in [0.2, 0.25) is 0 Å². The van der Waals surface area contributed by atoms with Gasteiger partial charge in [0.05, 0.1) is 23.7 Å². The van der Waals surface area contributed by atoms with Crippen LogP contribution in [-0.2, 0) is 4.74 Å². The van der Waals surface area contributed by atoms with E-state index >= 15 is 0 Å². The van der Waals surface area contributed by atoms with E-state index in [1.807, 2.05) is 0 Å². The fourth-order valence-electron chi connectivity index (χ4n) is 3.17. The van der Waals surface area contributed by atoms with E-state index in [2.05, 4.69) is 10.1 Å². The highest BCUT2D eigenvalue weighted by Crippen LogP contribution is 2.43. The van der Waals surface area contributed by atoms with E-state index in [4.69, 9.17) is 14.4 Å². The van der Waals surface area contributed by atoms with Gasteiger partial charge in [-0.2, -0.15) is 4.98 Å². The van der Waals surface area contributed by atoms with Crippen molar-refractivity contribution in [1.29, 1.82) is 0 Å². The summed E-state index contributed by atoms with van der Waals surface area (Å²) in [6.45, 7) is 0. The zero-order valence-corrected chi connectivity index (χ0v) is 11.2. The average Bonchev–Trinajstić information content (AvgIpc) is 3.23. The van der Waals surface area contributed by atoms with Crippen molar-refractivity contribution in [2.24, 2.45) is 0 Å². The fourth-order valence-corrected chi connectivity index (χ4v) is 3.17. The van der Waals surface area contributed by atoms with Crippen LogP contribution in [0.2, 0.25) is 0 Å². The highest BCUT2D eigenvalue weighted by atomic mass is 16.5. The van der Waals surface area contributed by atoms with Crippen LogP contribution in [-0.4, -0.2) is 33.4 Å². The molecule has 4 rings (SSSR count). The second-order valence-electron chi connectivity index (χ2n) is 5.56. The molecular weight excluding hydrogens is 272 g/mol. The maximum atomic E-state index is 10.8. The van der Waals surface area contributed by atoms with Crippen molar-refractivity contribution in [3.63, 3.8) is 0 Å². The molecule has 1 aromatic carbocycles. The van der Waals surface area contributed by atoms with Crippen LogP contribution < -0.4 is 0 Å². The number of hydrogen-bond acceptors (Lipinski definition) is 5. The largest absolute Gasteiger partial charge is 0.478 e. The Morgan fingerprint density at radius 3 is 2.67 bits per heavy atom. The Balaban J connectivity index is 1.58. The molecule has 6 nitrogen and oxygen atoms in total. The highest BCUT2D eigenvalue weighted by Gasteiger charge is 2.43. The van der Waals surface area contributed by atoms with Crippen LogP contribution in [0, 0.1) is 0 Å². The molecule has 2 fully saturated rings. The summed E-state index contributed by atoms with van der Waals surface area (Å²) in [5.41, 5.74) is 0.961. The SMILES string of the molecule is O=C(O)c1ccc(-c2nc(C3CC4CCC3O4)no2)cc1. The fraction of sp³-hybridized carbons (Fsp3) is 0.400. The summed E-state index contributed by atoms with van der Waals surface area (Å²) in [6.07, 6.45) is 3.71. The first kappa shape index (κ1) is 12.5. The number of nitrogens with zero attached hydrogens (tertiary/aromatic N) is 2. The maximum Gasteiger partial charge on any atom is 0.335 e. The van der Waals surface area contributed by atoms with Gasteiger partial charge in [0, 0.05) is 5.56 Å². The van der Waals surface area contributed by atoms with Gasteiger partial charge in [-0.05, 0) is 43.5 Å². The predicted molar refractivity (Wildman–Crippen MR) is 71.9 cm³/mol. The molecule has 6 heteroatoms. The van der Waals surface area contributed by atoms with E-state index in [-0.39, 0.29) is 17.6 Å². The molecule has 0 saturated carbocycles. The molecule has 1 aromatic heterocycles. The van der Waals surface area contributed by atoms with E-state index in [1.165, 1.54) is 12.1 Å². The topological polar surface area (TPSA) is 85.5 Å². The molecular formula is C15H14N2O4. The van der Waals surface area contributed by atoms with Crippen LogP contribution in [0.3, 0.4) is 0 Å². The molecule has 2 saturated heterocycles. The number of ether oxygens (including phenoxy) is 1.